The third-order valence-electron chi connectivity index (χ3n) is 3.26. The van der Waals surface area contributed by atoms with Gasteiger partial charge in [0.1, 0.15) is 8.07 Å². The standard InChI is InChI=1S/C18H34Si/c1-7-8-9-10-11-12-17(2)13-14-18(3)15-16-19(4,5)6/h14,17H,7-13H2,1-6H3/b18-14+/t17-/m1/s1. The highest BCUT2D eigenvalue weighted by Gasteiger charge is 2.07. The third-order valence-corrected chi connectivity index (χ3v) is 4.14. The zero-order chi connectivity index (χ0) is 14.7. The lowest BCUT2D eigenvalue weighted by Crippen LogP contribution is -2.16. The van der Waals surface area contributed by atoms with Gasteiger partial charge >= 0.3 is 0 Å². The Hall–Kier alpha value is -0.483. The zero-order valence-electron chi connectivity index (χ0n) is 14.1. The molecule has 0 heterocycles. The van der Waals surface area contributed by atoms with Crippen LogP contribution in [-0.2, 0) is 0 Å². The fraction of sp³-hybridized carbons (Fsp3) is 0.778. The lowest BCUT2D eigenvalue weighted by Gasteiger charge is -2.08. The van der Waals surface area contributed by atoms with Gasteiger partial charge in [0, 0.05) is 0 Å². The first-order valence-electron chi connectivity index (χ1n) is 8.05. The summed E-state index contributed by atoms with van der Waals surface area (Å²) >= 11 is 0. The van der Waals surface area contributed by atoms with E-state index in [0.717, 1.165) is 5.92 Å². The van der Waals surface area contributed by atoms with Gasteiger partial charge in [0.25, 0.3) is 0 Å². The van der Waals surface area contributed by atoms with E-state index < -0.39 is 8.07 Å². The maximum atomic E-state index is 3.43. The van der Waals surface area contributed by atoms with Crippen LogP contribution in [0.3, 0.4) is 0 Å². The van der Waals surface area contributed by atoms with Gasteiger partial charge in [-0.25, -0.2) is 0 Å². The van der Waals surface area contributed by atoms with Crippen LogP contribution < -0.4 is 0 Å². The first-order chi connectivity index (χ1) is 8.85. The molecular formula is C18H34Si. The molecule has 0 aliphatic carbocycles. The van der Waals surface area contributed by atoms with Crippen LogP contribution in [0.25, 0.3) is 0 Å². The van der Waals surface area contributed by atoms with Crippen LogP contribution in [0.2, 0.25) is 19.6 Å². The number of unbranched alkanes of at least 4 members (excludes halogenated alkanes) is 4. The normalized spacial score (nSPS) is 13.9. The van der Waals surface area contributed by atoms with E-state index in [1.165, 1.54) is 50.5 Å². The average Bonchev–Trinajstić information content (AvgIpc) is 2.32. The fourth-order valence-electron chi connectivity index (χ4n) is 1.93. The van der Waals surface area contributed by atoms with E-state index in [1.54, 1.807) is 0 Å². The van der Waals surface area contributed by atoms with Crippen molar-refractivity contribution in [1.29, 1.82) is 0 Å². The first kappa shape index (κ1) is 18.5. The van der Waals surface area contributed by atoms with Crippen molar-refractivity contribution < 1.29 is 0 Å². The molecule has 0 rings (SSSR count). The highest BCUT2D eigenvalue weighted by Crippen LogP contribution is 2.15. The Morgan fingerprint density at radius 3 is 2.32 bits per heavy atom. The predicted molar refractivity (Wildman–Crippen MR) is 92.0 cm³/mol. The minimum Gasteiger partial charge on any atom is -0.127 e. The van der Waals surface area contributed by atoms with Gasteiger partial charge in [-0.1, -0.05) is 84.0 Å². The SMILES string of the molecule is CCCCCCC[C@@H](C)C/C=C(\C)C#C[Si](C)(C)C. The Kier molecular flexibility index (Phi) is 10.1. The highest BCUT2D eigenvalue weighted by atomic mass is 28.3. The van der Waals surface area contributed by atoms with Gasteiger partial charge in [-0.3, -0.25) is 0 Å². The summed E-state index contributed by atoms with van der Waals surface area (Å²) in [6.45, 7) is 13.7. The Morgan fingerprint density at radius 1 is 1.11 bits per heavy atom. The Labute approximate surface area is 123 Å². The molecule has 0 aromatic carbocycles. The van der Waals surface area contributed by atoms with Crippen LogP contribution in [-0.4, -0.2) is 8.07 Å². The summed E-state index contributed by atoms with van der Waals surface area (Å²) in [6, 6.07) is 0. The maximum Gasteiger partial charge on any atom is 0.129 e. The van der Waals surface area contributed by atoms with Crippen molar-refractivity contribution in [3.63, 3.8) is 0 Å². The summed E-state index contributed by atoms with van der Waals surface area (Å²) in [5, 5.41) is 0. The summed E-state index contributed by atoms with van der Waals surface area (Å²) in [5.41, 5.74) is 4.70. The molecule has 110 valence electrons. The minimum atomic E-state index is -1.21. The molecule has 19 heavy (non-hydrogen) atoms. The van der Waals surface area contributed by atoms with Gasteiger partial charge in [0.05, 0.1) is 0 Å². The van der Waals surface area contributed by atoms with E-state index in [0.29, 0.717) is 0 Å². The van der Waals surface area contributed by atoms with Gasteiger partial charge in [-0.2, -0.15) is 0 Å². The largest absolute Gasteiger partial charge is 0.129 e. The van der Waals surface area contributed by atoms with Crippen molar-refractivity contribution in [3.8, 4) is 11.5 Å². The molecule has 0 fully saturated rings. The van der Waals surface area contributed by atoms with Crippen molar-refractivity contribution in [1.82, 2.24) is 0 Å². The molecule has 0 radical (unpaired) electrons. The molecule has 0 unspecified atom stereocenters. The molecule has 0 nitrogen and oxygen atoms in total. The molecule has 0 aromatic heterocycles. The molecule has 0 bridgehead atoms. The zero-order valence-corrected chi connectivity index (χ0v) is 15.1. The number of hydrogen-bond donors (Lipinski definition) is 0. The lowest BCUT2D eigenvalue weighted by molar-refractivity contribution is 0.489. The summed E-state index contributed by atoms with van der Waals surface area (Å²) in [7, 11) is -1.21. The second-order valence-electron chi connectivity index (χ2n) is 6.93. The fourth-order valence-corrected chi connectivity index (χ4v) is 2.50. The number of hydrogen-bond acceptors (Lipinski definition) is 0. The van der Waals surface area contributed by atoms with Crippen molar-refractivity contribution in [3.05, 3.63) is 11.6 Å². The Balaban J connectivity index is 3.86. The van der Waals surface area contributed by atoms with Gasteiger partial charge < -0.3 is 0 Å². The Morgan fingerprint density at radius 2 is 1.74 bits per heavy atom. The summed E-state index contributed by atoms with van der Waals surface area (Å²) < 4.78 is 0. The molecule has 0 saturated heterocycles. The van der Waals surface area contributed by atoms with E-state index in [2.05, 4.69) is 58.0 Å². The van der Waals surface area contributed by atoms with E-state index in [1.807, 2.05) is 0 Å². The molecule has 0 spiro atoms. The van der Waals surface area contributed by atoms with Crippen molar-refractivity contribution >= 4 is 8.07 Å². The summed E-state index contributed by atoms with van der Waals surface area (Å²) in [5.74, 6) is 4.15. The molecule has 0 aliphatic rings. The van der Waals surface area contributed by atoms with Gasteiger partial charge in [-0.15, -0.1) is 5.54 Å². The third kappa shape index (κ3) is 13.7. The van der Waals surface area contributed by atoms with E-state index in [9.17, 15) is 0 Å². The predicted octanol–water partition coefficient (Wildman–Crippen LogP) is 6.20. The molecule has 1 atom stereocenters. The molecule has 1 heteroatoms. The number of rotatable bonds is 8. The Bertz CT molecular complexity index is 309. The van der Waals surface area contributed by atoms with E-state index in [4.69, 9.17) is 0 Å². The monoisotopic (exact) mass is 278 g/mol. The van der Waals surface area contributed by atoms with Crippen LogP contribution in [0.15, 0.2) is 11.6 Å². The molecule has 0 aliphatic heterocycles. The van der Waals surface area contributed by atoms with Crippen molar-refractivity contribution in [2.24, 2.45) is 5.92 Å². The molecular weight excluding hydrogens is 244 g/mol. The van der Waals surface area contributed by atoms with Crippen molar-refractivity contribution in [2.45, 2.75) is 85.4 Å². The van der Waals surface area contributed by atoms with Crippen LogP contribution in [0.1, 0.15) is 65.7 Å². The summed E-state index contributed by atoms with van der Waals surface area (Å²) in [6.07, 6.45) is 11.9. The highest BCUT2D eigenvalue weighted by molar-refractivity contribution is 6.83. The second-order valence-corrected chi connectivity index (χ2v) is 11.7. The second kappa shape index (κ2) is 10.3. The van der Waals surface area contributed by atoms with Crippen LogP contribution in [0.4, 0.5) is 0 Å². The molecule has 0 aromatic rings. The smallest absolute Gasteiger partial charge is 0.127 e. The first-order valence-corrected chi connectivity index (χ1v) is 11.5. The van der Waals surface area contributed by atoms with Gasteiger partial charge in [0.15, 0.2) is 0 Å². The molecule has 0 saturated carbocycles. The molecule has 0 amide bonds. The van der Waals surface area contributed by atoms with E-state index in [-0.39, 0.29) is 0 Å². The van der Waals surface area contributed by atoms with Crippen LogP contribution in [0, 0.1) is 17.4 Å². The van der Waals surface area contributed by atoms with Crippen LogP contribution in [0.5, 0.6) is 0 Å². The van der Waals surface area contributed by atoms with Crippen molar-refractivity contribution in [2.75, 3.05) is 0 Å². The van der Waals surface area contributed by atoms with Gasteiger partial charge in [0.2, 0.25) is 0 Å². The lowest BCUT2D eigenvalue weighted by atomic mass is 9.98. The maximum absolute atomic E-state index is 3.43. The van der Waals surface area contributed by atoms with Crippen LogP contribution >= 0.6 is 0 Å². The quantitative estimate of drug-likeness (QED) is 0.282. The summed E-state index contributed by atoms with van der Waals surface area (Å²) in [4.78, 5) is 0. The number of allylic oxidation sites excluding steroid dienone is 2. The van der Waals surface area contributed by atoms with E-state index >= 15 is 0 Å². The topological polar surface area (TPSA) is 0 Å². The average molecular weight is 279 g/mol. The molecule has 0 N–H and O–H groups in total. The van der Waals surface area contributed by atoms with Gasteiger partial charge in [-0.05, 0) is 24.8 Å². The minimum absolute atomic E-state index is 0.810.